The van der Waals surface area contributed by atoms with E-state index in [1.54, 1.807) is 39.8 Å². The van der Waals surface area contributed by atoms with E-state index in [0.717, 1.165) is 23.9 Å². The van der Waals surface area contributed by atoms with Crippen molar-refractivity contribution < 1.29 is 46.5 Å². The van der Waals surface area contributed by atoms with E-state index in [9.17, 15) is 27.6 Å². The summed E-state index contributed by atoms with van der Waals surface area (Å²) in [5.41, 5.74) is 0.0950. The molecule has 2 amide bonds. The molecule has 1 aromatic heterocycles. The number of halogens is 3. The molecule has 16 heteroatoms. The summed E-state index contributed by atoms with van der Waals surface area (Å²) in [4.78, 5) is 38.1. The fraction of sp³-hybridized carbons (Fsp3) is 0.324. The number of aromatic nitrogens is 3. The Kier molecular flexibility index (Phi) is 13.1. The Bertz CT molecular complexity index is 1770. The number of thioether (sulfide) groups is 1. The van der Waals surface area contributed by atoms with Crippen molar-refractivity contribution in [2.75, 3.05) is 37.5 Å². The number of ether oxygens (including phenoxy) is 4. The smallest absolute Gasteiger partial charge is 0.416 e. The van der Waals surface area contributed by atoms with Gasteiger partial charge in [0.2, 0.25) is 11.7 Å². The van der Waals surface area contributed by atoms with Crippen LogP contribution in [0.25, 0.3) is 5.69 Å². The van der Waals surface area contributed by atoms with E-state index in [1.807, 2.05) is 0 Å². The topological polar surface area (TPSA) is 143 Å². The van der Waals surface area contributed by atoms with Crippen LogP contribution in [0.5, 0.6) is 17.2 Å². The predicted molar refractivity (Wildman–Crippen MR) is 179 cm³/mol. The van der Waals surface area contributed by atoms with Gasteiger partial charge in [0.1, 0.15) is 0 Å². The summed E-state index contributed by atoms with van der Waals surface area (Å²) in [5, 5.41) is 13.8. The second kappa shape index (κ2) is 17.4. The van der Waals surface area contributed by atoms with Crippen molar-refractivity contribution in [3.8, 4) is 22.9 Å². The first kappa shape index (κ1) is 37.6. The molecule has 0 spiro atoms. The number of esters is 1. The number of alkyl halides is 3. The maximum atomic E-state index is 13.7. The van der Waals surface area contributed by atoms with Crippen LogP contribution in [-0.4, -0.2) is 64.7 Å². The van der Waals surface area contributed by atoms with Crippen LogP contribution in [0.3, 0.4) is 0 Å². The number of rotatable bonds is 16. The van der Waals surface area contributed by atoms with E-state index in [-0.39, 0.29) is 41.1 Å². The number of carbonyl (C=O) groups is 3. The minimum absolute atomic E-state index is 0.0740. The Labute approximate surface area is 290 Å². The second-order valence-electron chi connectivity index (χ2n) is 10.2. The summed E-state index contributed by atoms with van der Waals surface area (Å²) in [7, 11) is 0. The lowest BCUT2D eigenvalue weighted by Crippen LogP contribution is -2.25. The number of nitrogens with zero attached hydrogens (tertiary/aromatic N) is 3. The zero-order chi connectivity index (χ0) is 36.3. The molecule has 0 bridgehead atoms. The van der Waals surface area contributed by atoms with Crippen molar-refractivity contribution in [2.45, 2.75) is 45.6 Å². The predicted octanol–water partition coefficient (Wildman–Crippen LogP) is 6.32. The molecule has 0 saturated carbocycles. The van der Waals surface area contributed by atoms with Crippen molar-refractivity contribution in [3.05, 3.63) is 83.2 Å². The molecule has 0 aliphatic carbocycles. The fourth-order valence-corrected chi connectivity index (χ4v) is 5.37. The van der Waals surface area contributed by atoms with Gasteiger partial charge in [-0.15, -0.1) is 10.2 Å². The van der Waals surface area contributed by atoms with E-state index in [0.29, 0.717) is 48.3 Å². The molecule has 0 aliphatic rings. The van der Waals surface area contributed by atoms with Crippen LogP contribution in [0.15, 0.2) is 65.8 Å². The number of carbonyl (C=O) groups excluding carboxylic acids is 3. The maximum Gasteiger partial charge on any atom is 0.416 e. The first-order valence-corrected chi connectivity index (χ1v) is 16.6. The molecule has 12 nitrogen and oxygen atoms in total. The summed E-state index contributed by atoms with van der Waals surface area (Å²) in [6.07, 6.45) is -4.63. The SMILES string of the molecule is CCOC(=O)c1ccc(NC(=O)CSc2nnc(CNC(=O)c3cc(OCC)c(OCC)c(OCC)c3)n2-c2cccc(C(F)(F)F)c2)cc1. The largest absolute Gasteiger partial charge is 0.490 e. The first-order valence-electron chi connectivity index (χ1n) is 15.6. The number of amides is 2. The fourth-order valence-electron chi connectivity index (χ4n) is 4.60. The third-order valence-corrected chi connectivity index (χ3v) is 7.65. The highest BCUT2D eigenvalue weighted by Crippen LogP contribution is 2.39. The summed E-state index contributed by atoms with van der Waals surface area (Å²) in [6.45, 7) is 8.00. The average Bonchev–Trinajstić information content (AvgIpc) is 3.50. The highest BCUT2D eigenvalue weighted by atomic mass is 32.2. The van der Waals surface area contributed by atoms with E-state index >= 15 is 0 Å². The lowest BCUT2D eigenvalue weighted by Gasteiger charge is -2.17. The summed E-state index contributed by atoms with van der Waals surface area (Å²) >= 11 is 0.932. The van der Waals surface area contributed by atoms with E-state index in [2.05, 4.69) is 20.8 Å². The van der Waals surface area contributed by atoms with Gasteiger partial charge < -0.3 is 29.6 Å². The van der Waals surface area contributed by atoms with Gasteiger partial charge in [-0.25, -0.2) is 4.79 Å². The zero-order valence-corrected chi connectivity index (χ0v) is 28.6. The lowest BCUT2D eigenvalue weighted by atomic mass is 10.1. The van der Waals surface area contributed by atoms with Gasteiger partial charge in [-0.3, -0.25) is 14.2 Å². The van der Waals surface area contributed by atoms with Crippen LogP contribution >= 0.6 is 11.8 Å². The summed E-state index contributed by atoms with van der Waals surface area (Å²) in [6, 6.07) is 13.7. The van der Waals surface area contributed by atoms with Crippen molar-refractivity contribution in [3.63, 3.8) is 0 Å². The van der Waals surface area contributed by atoms with Crippen LogP contribution < -0.4 is 24.8 Å². The quantitative estimate of drug-likeness (QED) is 0.1000. The molecular formula is C34H36F3N5O7S. The van der Waals surface area contributed by atoms with Gasteiger partial charge in [-0.05, 0) is 82.3 Å². The molecule has 1 heterocycles. The molecule has 2 N–H and O–H groups in total. The third-order valence-electron chi connectivity index (χ3n) is 6.72. The van der Waals surface area contributed by atoms with Crippen molar-refractivity contribution in [1.82, 2.24) is 20.1 Å². The Hall–Kier alpha value is -5.25. The Balaban J connectivity index is 1.57. The monoisotopic (exact) mass is 715 g/mol. The van der Waals surface area contributed by atoms with Gasteiger partial charge in [-0.2, -0.15) is 13.2 Å². The highest BCUT2D eigenvalue weighted by molar-refractivity contribution is 7.99. The van der Waals surface area contributed by atoms with Gasteiger partial charge in [0.05, 0.1) is 55.5 Å². The zero-order valence-electron chi connectivity index (χ0n) is 27.8. The Morgan fingerprint density at radius 2 is 1.48 bits per heavy atom. The van der Waals surface area contributed by atoms with E-state index < -0.39 is 29.5 Å². The minimum Gasteiger partial charge on any atom is -0.490 e. The Morgan fingerprint density at radius 3 is 2.08 bits per heavy atom. The number of nitrogens with one attached hydrogen (secondary N) is 2. The van der Waals surface area contributed by atoms with Crippen LogP contribution in [0.4, 0.5) is 18.9 Å². The van der Waals surface area contributed by atoms with Gasteiger partial charge in [0, 0.05) is 11.3 Å². The summed E-state index contributed by atoms with van der Waals surface area (Å²) in [5.74, 6) is -0.585. The molecule has 0 aliphatic heterocycles. The normalized spacial score (nSPS) is 11.1. The molecule has 0 atom stereocenters. The molecule has 0 radical (unpaired) electrons. The maximum absolute atomic E-state index is 13.7. The molecule has 3 aromatic carbocycles. The lowest BCUT2D eigenvalue weighted by molar-refractivity contribution is -0.137. The number of hydrogen-bond acceptors (Lipinski definition) is 10. The average molecular weight is 716 g/mol. The highest BCUT2D eigenvalue weighted by Gasteiger charge is 2.31. The van der Waals surface area contributed by atoms with Gasteiger partial charge in [0.15, 0.2) is 22.5 Å². The van der Waals surface area contributed by atoms with Crippen LogP contribution in [0.1, 0.15) is 59.8 Å². The molecule has 4 aromatic rings. The molecule has 0 unspecified atom stereocenters. The van der Waals surface area contributed by atoms with Gasteiger partial charge in [-0.1, -0.05) is 17.8 Å². The molecular weight excluding hydrogens is 679 g/mol. The van der Waals surface area contributed by atoms with Gasteiger partial charge in [0.25, 0.3) is 5.91 Å². The number of anilines is 1. The molecule has 0 fully saturated rings. The van der Waals surface area contributed by atoms with Crippen LogP contribution in [0, 0.1) is 0 Å². The number of hydrogen-bond donors (Lipinski definition) is 2. The Morgan fingerprint density at radius 1 is 0.820 bits per heavy atom. The standard InChI is InChI=1S/C34H36F3N5O7S/c1-5-46-26-16-22(17-27(47-6-2)30(26)48-7-3)31(44)38-19-28-40-41-33(42(28)25-11-9-10-23(18-25)34(35,36)37)50-20-29(43)39-24-14-12-21(13-15-24)32(45)49-8-4/h9-18H,5-8,19-20H2,1-4H3,(H,38,44)(H,39,43). The van der Waals surface area contributed by atoms with E-state index in [4.69, 9.17) is 18.9 Å². The van der Waals surface area contributed by atoms with Crippen molar-refractivity contribution in [2.24, 2.45) is 0 Å². The third kappa shape index (κ3) is 9.68. The minimum atomic E-state index is -4.63. The van der Waals surface area contributed by atoms with Crippen LogP contribution in [-0.2, 0) is 22.3 Å². The molecule has 0 saturated heterocycles. The molecule has 50 heavy (non-hydrogen) atoms. The molecule has 266 valence electrons. The van der Waals surface area contributed by atoms with Crippen molar-refractivity contribution in [1.29, 1.82) is 0 Å². The summed E-state index contributed by atoms with van der Waals surface area (Å²) < 4.78 is 64.4. The van der Waals surface area contributed by atoms with Crippen molar-refractivity contribution >= 4 is 35.2 Å². The first-order chi connectivity index (χ1) is 24.0. The van der Waals surface area contributed by atoms with E-state index in [1.165, 1.54) is 41.0 Å². The second-order valence-corrected chi connectivity index (χ2v) is 11.1. The molecule has 4 rings (SSSR count). The van der Waals surface area contributed by atoms with Gasteiger partial charge >= 0.3 is 12.1 Å². The number of benzene rings is 3. The van der Waals surface area contributed by atoms with Crippen LogP contribution in [0.2, 0.25) is 0 Å².